The van der Waals surface area contributed by atoms with Gasteiger partial charge in [-0.05, 0) is 24.3 Å². The largest absolute Gasteiger partial charge is 0.489 e. The Balaban J connectivity index is 1.61. The third-order valence-corrected chi connectivity index (χ3v) is 4.98. The van der Waals surface area contributed by atoms with Gasteiger partial charge >= 0.3 is 0 Å². The van der Waals surface area contributed by atoms with Gasteiger partial charge in [-0.3, -0.25) is 0 Å². The summed E-state index contributed by atoms with van der Waals surface area (Å²) in [5, 5.41) is 40.4. The first kappa shape index (κ1) is 18.9. The predicted molar refractivity (Wildman–Crippen MR) is 99.7 cm³/mol. The maximum atomic E-state index is 10.3. The summed E-state index contributed by atoms with van der Waals surface area (Å²) in [7, 11) is 0. The smallest absolute Gasteiger partial charge is 0.144 e. The zero-order valence-electron chi connectivity index (χ0n) is 15.0. The average molecular weight is 386 g/mol. The molecule has 7 nitrogen and oxygen atoms in total. The Morgan fingerprint density at radius 3 is 2.43 bits per heavy atom. The van der Waals surface area contributed by atoms with Crippen LogP contribution in [0.15, 0.2) is 59.0 Å². The topological polar surface area (TPSA) is 113 Å². The first-order valence-electron chi connectivity index (χ1n) is 9.08. The van der Waals surface area contributed by atoms with E-state index in [0.717, 1.165) is 16.7 Å². The SMILES string of the molecule is OC[C@H]1O[C@@H](c2cc3c(COc4ccccc4)cccc3o2)[C@H](O)[C@@H](O)[C@@H]1O. The van der Waals surface area contributed by atoms with E-state index < -0.39 is 37.1 Å². The molecule has 0 unspecified atom stereocenters. The summed E-state index contributed by atoms with van der Waals surface area (Å²) in [4.78, 5) is 0. The van der Waals surface area contributed by atoms with E-state index in [0.29, 0.717) is 18.0 Å². The van der Waals surface area contributed by atoms with Crippen LogP contribution in [0.3, 0.4) is 0 Å². The van der Waals surface area contributed by atoms with E-state index in [4.69, 9.17) is 13.9 Å². The Morgan fingerprint density at radius 2 is 1.68 bits per heavy atom. The second kappa shape index (κ2) is 7.90. The molecule has 1 fully saturated rings. The third kappa shape index (κ3) is 3.50. The number of hydrogen-bond donors (Lipinski definition) is 4. The Hall–Kier alpha value is -2.42. The molecule has 5 atom stereocenters. The molecule has 1 aromatic heterocycles. The highest BCUT2D eigenvalue weighted by atomic mass is 16.6. The van der Waals surface area contributed by atoms with Gasteiger partial charge in [-0.1, -0.05) is 30.3 Å². The van der Waals surface area contributed by atoms with Gasteiger partial charge in [0.1, 0.15) is 54.2 Å². The van der Waals surface area contributed by atoms with Gasteiger partial charge in [-0.25, -0.2) is 0 Å². The fourth-order valence-corrected chi connectivity index (χ4v) is 3.42. The molecule has 0 bridgehead atoms. The van der Waals surface area contributed by atoms with Crippen molar-refractivity contribution in [3.63, 3.8) is 0 Å². The fourth-order valence-electron chi connectivity index (χ4n) is 3.42. The number of furan rings is 1. The van der Waals surface area contributed by atoms with E-state index >= 15 is 0 Å². The Kier molecular flexibility index (Phi) is 5.34. The molecule has 0 radical (unpaired) electrons. The lowest BCUT2D eigenvalue weighted by atomic mass is 9.94. The average Bonchev–Trinajstić information content (AvgIpc) is 3.16. The molecule has 2 aromatic carbocycles. The van der Waals surface area contributed by atoms with Crippen LogP contribution < -0.4 is 4.74 Å². The molecule has 4 rings (SSSR count). The number of ether oxygens (including phenoxy) is 2. The molecule has 0 saturated carbocycles. The first-order valence-corrected chi connectivity index (χ1v) is 9.08. The molecule has 3 aromatic rings. The van der Waals surface area contributed by atoms with Crippen molar-refractivity contribution in [2.24, 2.45) is 0 Å². The number of aliphatic hydroxyl groups excluding tert-OH is 4. The summed E-state index contributed by atoms with van der Waals surface area (Å²) < 4.78 is 17.2. The van der Waals surface area contributed by atoms with Gasteiger partial charge in [0, 0.05) is 10.9 Å². The van der Waals surface area contributed by atoms with Crippen molar-refractivity contribution in [1.82, 2.24) is 0 Å². The highest BCUT2D eigenvalue weighted by Gasteiger charge is 2.45. The molecule has 1 saturated heterocycles. The second-order valence-corrected chi connectivity index (χ2v) is 6.83. The Bertz CT molecular complexity index is 921. The van der Waals surface area contributed by atoms with Crippen LogP contribution in [0.5, 0.6) is 5.75 Å². The van der Waals surface area contributed by atoms with Gasteiger partial charge in [-0.2, -0.15) is 0 Å². The molecule has 28 heavy (non-hydrogen) atoms. The van der Waals surface area contributed by atoms with E-state index in [1.165, 1.54) is 0 Å². The van der Waals surface area contributed by atoms with Gasteiger partial charge < -0.3 is 34.3 Å². The molecule has 2 heterocycles. The highest BCUT2D eigenvalue weighted by Crippen LogP contribution is 2.36. The van der Waals surface area contributed by atoms with Crippen LogP contribution >= 0.6 is 0 Å². The van der Waals surface area contributed by atoms with Gasteiger partial charge in [0.25, 0.3) is 0 Å². The second-order valence-electron chi connectivity index (χ2n) is 6.83. The van der Waals surface area contributed by atoms with Gasteiger partial charge in [0.2, 0.25) is 0 Å². The van der Waals surface area contributed by atoms with Crippen LogP contribution in [0.4, 0.5) is 0 Å². The fraction of sp³-hybridized carbons (Fsp3) is 0.333. The number of rotatable bonds is 5. The molecule has 1 aliphatic rings. The summed E-state index contributed by atoms with van der Waals surface area (Å²) >= 11 is 0. The molecular weight excluding hydrogens is 364 g/mol. The minimum Gasteiger partial charge on any atom is -0.489 e. The van der Waals surface area contributed by atoms with Gasteiger partial charge in [0.05, 0.1) is 6.61 Å². The van der Waals surface area contributed by atoms with Gasteiger partial charge in [0.15, 0.2) is 0 Å². The minimum atomic E-state index is -1.45. The zero-order valence-corrected chi connectivity index (χ0v) is 15.0. The molecule has 148 valence electrons. The van der Waals surface area contributed by atoms with Crippen molar-refractivity contribution in [2.45, 2.75) is 37.1 Å². The summed E-state index contributed by atoms with van der Waals surface area (Å²) in [5.74, 6) is 1.05. The van der Waals surface area contributed by atoms with Crippen molar-refractivity contribution >= 4 is 11.0 Å². The minimum absolute atomic E-state index is 0.305. The van der Waals surface area contributed by atoms with Crippen molar-refractivity contribution < 1.29 is 34.3 Å². The molecule has 0 amide bonds. The number of para-hydroxylation sites is 1. The van der Waals surface area contributed by atoms with Crippen LogP contribution in [0.2, 0.25) is 0 Å². The van der Waals surface area contributed by atoms with Crippen LogP contribution in [-0.4, -0.2) is 51.4 Å². The van der Waals surface area contributed by atoms with Crippen LogP contribution in [0.25, 0.3) is 11.0 Å². The predicted octanol–water partition coefficient (Wildman–Crippen LogP) is 1.53. The number of hydrogen-bond acceptors (Lipinski definition) is 7. The molecule has 1 aliphatic heterocycles. The monoisotopic (exact) mass is 386 g/mol. The maximum absolute atomic E-state index is 10.3. The van der Waals surface area contributed by atoms with Crippen molar-refractivity contribution in [2.75, 3.05) is 6.61 Å². The van der Waals surface area contributed by atoms with Crippen LogP contribution in [0.1, 0.15) is 17.4 Å². The summed E-state index contributed by atoms with van der Waals surface area (Å²) in [6, 6.07) is 16.7. The lowest BCUT2D eigenvalue weighted by Gasteiger charge is -2.39. The Morgan fingerprint density at radius 1 is 0.893 bits per heavy atom. The molecular formula is C21H22O7. The first-order chi connectivity index (χ1) is 13.6. The number of aliphatic hydroxyl groups is 4. The standard InChI is InChI=1S/C21H22O7/c22-10-17-18(23)19(24)20(25)21(28-17)16-9-14-12(5-4-8-15(14)27-16)11-26-13-6-2-1-3-7-13/h1-9,17-25H,10-11H2/t17-,18-,19+,20-,21+/m1/s1. The lowest BCUT2D eigenvalue weighted by molar-refractivity contribution is -0.235. The van der Waals surface area contributed by atoms with E-state index in [2.05, 4.69) is 0 Å². The maximum Gasteiger partial charge on any atom is 0.144 e. The van der Waals surface area contributed by atoms with E-state index in [9.17, 15) is 20.4 Å². The normalized spacial score (nSPS) is 27.8. The zero-order chi connectivity index (χ0) is 19.7. The summed E-state index contributed by atoms with van der Waals surface area (Å²) in [6.45, 7) is -0.160. The Labute approximate surface area is 161 Å². The molecule has 0 aliphatic carbocycles. The van der Waals surface area contributed by atoms with E-state index in [1.54, 1.807) is 12.1 Å². The highest BCUT2D eigenvalue weighted by molar-refractivity contribution is 5.81. The van der Waals surface area contributed by atoms with Crippen molar-refractivity contribution in [1.29, 1.82) is 0 Å². The van der Waals surface area contributed by atoms with Crippen molar-refractivity contribution in [3.05, 3.63) is 65.9 Å². The number of benzene rings is 2. The van der Waals surface area contributed by atoms with Gasteiger partial charge in [-0.15, -0.1) is 0 Å². The van der Waals surface area contributed by atoms with E-state index in [-0.39, 0.29) is 0 Å². The molecule has 7 heteroatoms. The molecule has 4 N–H and O–H groups in total. The summed E-state index contributed by atoms with van der Waals surface area (Å²) in [6.07, 6.45) is -6.24. The van der Waals surface area contributed by atoms with E-state index in [1.807, 2.05) is 42.5 Å². The third-order valence-electron chi connectivity index (χ3n) is 4.98. The van der Waals surface area contributed by atoms with Crippen molar-refractivity contribution in [3.8, 4) is 5.75 Å². The molecule has 0 spiro atoms. The lowest BCUT2D eigenvalue weighted by Crippen LogP contribution is -2.55. The van der Waals surface area contributed by atoms with Crippen LogP contribution in [-0.2, 0) is 11.3 Å². The quantitative estimate of drug-likeness (QED) is 0.526. The van der Waals surface area contributed by atoms with Crippen LogP contribution in [0, 0.1) is 0 Å². The summed E-state index contributed by atoms with van der Waals surface area (Å²) in [5.41, 5.74) is 1.47. The number of fused-ring (bicyclic) bond motifs is 1.